The molecule has 19 heavy (non-hydrogen) atoms. The fourth-order valence-electron chi connectivity index (χ4n) is 3.27. The molecule has 0 heterocycles. The van der Waals surface area contributed by atoms with Crippen molar-refractivity contribution in [3.63, 3.8) is 0 Å². The largest absolute Gasteiger partial charge is 0.271 e. The maximum absolute atomic E-state index is 5.84. The van der Waals surface area contributed by atoms with Gasteiger partial charge in [-0.2, -0.15) is 0 Å². The molecule has 0 aliphatic heterocycles. The summed E-state index contributed by atoms with van der Waals surface area (Å²) in [7, 11) is 0. The lowest BCUT2D eigenvalue weighted by Crippen LogP contribution is -2.36. The van der Waals surface area contributed by atoms with Gasteiger partial charge in [0.2, 0.25) is 0 Å². The maximum Gasteiger partial charge on any atom is 0.0488 e. The number of nitrogens with two attached hydrogens (primary N) is 1. The van der Waals surface area contributed by atoms with E-state index in [1.807, 2.05) is 0 Å². The van der Waals surface area contributed by atoms with Crippen LogP contribution in [-0.4, -0.2) is 0 Å². The molecular weight excluding hydrogens is 232 g/mol. The summed E-state index contributed by atoms with van der Waals surface area (Å²) in [5.74, 6) is 6.52. The monoisotopic (exact) mass is 260 g/mol. The number of rotatable bonds is 4. The summed E-state index contributed by atoms with van der Waals surface area (Å²) in [4.78, 5) is 0. The highest BCUT2D eigenvalue weighted by molar-refractivity contribution is 5.26. The minimum atomic E-state index is 0.308. The highest BCUT2D eigenvalue weighted by Crippen LogP contribution is 2.42. The molecule has 0 saturated heterocycles. The second-order valence-electron chi connectivity index (χ2n) is 6.74. The molecule has 3 N–H and O–H groups in total. The first kappa shape index (κ1) is 14.5. The van der Waals surface area contributed by atoms with Gasteiger partial charge in [-0.05, 0) is 54.6 Å². The van der Waals surface area contributed by atoms with Gasteiger partial charge in [0.15, 0.2) is 0 Å². The van der Waals surface area contributed by atoms with E-state index in [0.29, 0.717) is 17.4 Å². The maximum atomic E-state index is 5.84. The Morgan fingerprint density at radius 1 is 1.32 bits per heavy atom. The minimum Gasteiger partial charge on any atom is -0.271 e. The summed E-state index contributed by atoms with van der Waals surface area (Å²) in [6.07, 6.45) is 6.26. The van der Waals surface area contributed by atoms with Crippen LogP contribution in [0.4, 0.5) is 0 Å². The first-order valence-corrected chi connectivity index (χ1v) is 7.60. The highest BCUT2D eigenvalue weighted by Gasteiger charge is 2.31. The van der Waals surface area contributed by atoms with Crippen molar-refractivity contribution >= 4 is 0 Å². The molecule has 1 atom stereocenters. The Labute approximate surface area is 117 Å². The van der Waals surface area contributed by atoms with E-state index >= 15 is 0 Å². The lowest BCUT2D eigenvalue weighted by Gasteiger charge is -2.38. The predicted molar refractivity (Wildman–Crippen MR) is 81.6 cm³/mol. The van der Waals surface area contributed by atoms with Crippen LogP contribution < -0.4 is 11.3 Å². The summed E-state index contributed by atoms with van der Waals surface area (Å²) < 4.78 is 0. The van der Waals surface area contributed by atoms with E-state index in [9.17, 15) is 0 Å². The average molecular weight is 260 g/mol. The molecule has 1 fully saturated rings. The third-order valence-corrected chi connectivity index (χ3v) is 4.75. The van der Waals surface area contributed by atoms with E-state index in [4.69, 9.17) is 5.84 Å². The molecule has 1 unspecified atom stereocenters. The Balaban J connectivity index is 2.11. The van der Waals surface area contributed by atoms with Crippen LogP contribution in [0.15, 0.2) is 24.3 Å². The Kier molecular flexibility index (Phi) is 4.64. The average Bonchev–Trinajstić information content (AvgIpc) is 2.41. The minimum absolute atomic E-state index is 0.308. The number of hydrogen-bond acceptors (Lipinski definition) is 2. The van der Waals surface area contributed by atoms with Crippen LogP contribution in [0, 0.1) is 11.3 Å². The molecule has 0 amide bonds. The van der Waals surface area contributed by atoms with Crippen LogP contribution in [0.25, 0.3) is 0 Å². The first-order chi connectivity index (χ1) is 9.05. The predicted octanol–water partition coefficient (Wildman–Crippen LogP) is 3.97. The van der Waals surface area contributed by atoms with E-state index < -0.39 is 0 Å². The van der Waals surface area contributed by atoms with Gasteiger partial charge < -0.3 is 0 Å². The Morgan fingerprint density at radius 3 is 2.58 bits per heavy atom. The van der Waals surface area contributed by atoms with Crippen LogP contribution in [0.5, 0.6) is 0 Å². The molecule has 1 aromatic carbocycles. The lowest BCUT2D eigenvalue weighted by atomic mass is 9.70. The summed E-state index contributed by atoms with van der Waals surface area (Å²) >= 11 is 0. The van der Waals surface area contributed by atoms with Gasteiger partial charge in [-0.25, -0.2) is 0 Å². The number of nitrogens with one attached hydrogen (secondary N) is 1. The molecule has 0 aromatic heterocycles. The molecule has 1 aliphatic carbocycles. The number of hydrazine groups is 1. The van der Waals surface area contributed by atoms with Gasteiger partial charge in [0.25, 0.3) is 0 Å². The van der Waals surface area contributed by atoms with E-state index in [2.05, 4.69) is 50.5 Å². The van der Waals surface area contributed by atoms with Gasteiger partial charge in [-0.15, -0.1) is 0 Å². The summed E-state index contributed by atoms with van der Waals surface area (Å²) in [6, 6.07) is 9.18. The second kappa shape index (κ2) is 6.06. The Hall–Kier alpha value is -0.860. The van der Waals surface area contributed by atoms with Crippen molar-refractivity contribution < 1.29 is 0 Å². The standard InChI is InChI=1S/C17H28N2/c1-4-13-6-5-7-15(12-13)16(19-18)14-8-10-17(2,3)11-9-14/h5-7,12,14,16,19H,4,8-11,18H2,1-3H3. The highest BCUT2D eigenvalue weighted by atomic mass is 15.2. The molecular formula is C17H28N2. The van der Waals surface area contributed by atoms with Crippen molar-refractivity contribution in [2.24, 2.45) is 17.2 Å². The zero-order chi connectivity index (χ0) is 13.9. The molecule has 0 spiro atoms. The van der Waals surface area contributed by atoms with Gasteiger partial charge in [-0.3, -0.25) is 11.3 Å². The van der Waals surface area contributed by atoms with E-state index in [1.165, 1.54) is 36.8 Å². The van der Waals surface area contributed by atoms with Crippen molar-refractivity contribution in [3.05, 3.63) is 35.4 Å². The third-order valence-electron chi connectivity index (χ3n) is 4.75. The SMILES string of the molecule is CCc1cccc(C(NN)C2CCC(C)(C)CC2)c1. The van der Waals surface area contributed by atoms with Crippen LogP contribution in [0.3, 0.4) is 0 Å². The van der Waals surface area contributed by atoms with E-state index in [1.54, 1.807) is 0 Å². The molecule has 1 aromatic rings. The molecule has 2 heteroatoms. The molecule has 2 nitrogen and oxygen atoms in total. The summed E-state index contributed by atoms with van der Waals surface area (Å²) in [5.41, 5.74) is 6.33. The topological polar surface area (TPSA) is 38.0 Å². The fourth-order valence-corrected chi connectivity index (χ4v) is 3.27. The van der Waals surface area contributed by atoms with Gasteiger partial charge >= 0.3 is 0 Å². The normalized spacial score (nSPS) is 21.3. The van der Waals surface area contributed by atoms with Gasteiger partial charge in [0.1, 0.15) is 0 Å². The van der Waals surface area contributed by atoms with E-state index in [-0.39, 0.29) is 0 Å². The smallest absolute Gasteiger partial charge is 0.0488 e. The van der Waals surface area contributed by atoms with Crippen molar-refractivity contribution in [2.75, 3.05) is 0 Å². The van der Waals surface area contributed by atoms with Crippen molar-refractivity contribution in [1.82, 2.24) is 5.43 Å². The zero-order valence-electron chi connectivity index (χ0n) is 12.6. The van der Waals surface area contributed by atoms with Gasteiger partial charge in [0, 0.05) is 6.04 Å². The zero-order valence-corrected chi connectivity index (χ0v) is 12.6. The van der Waals surface area contributed by atoms with E-state index in [0.717, 1.165) is 6.42 Å². The first-order valence-electron chi connectivity index (χ1n) is 7.60. The Bertz CT molecular complexity index is 401. The van der Waals surface area contributed by atoms with Gasteiger partial charge in [-0.1, -0.05) is 45.0 Å². The Morgan fingerprint density at radius 2 is 2.00 bits per heavy atom. The molecule has 106 valence electrons. The molecule has 2 rings (SSSR count). The summed E-state index contributed by atoms with van der Waals surface area (Å²) in [5, 5.41) is 0. The molecule has 1 saturated carbocycles. The van der Waals surface area contributed by atoms with Crippen molar-refractivity contribution in [3.8, 4) is 0 Å². The van der Waals surface area contributed by atoms with Crippen LogP contribution in [-0.2, 0) is 6.42 Å². The third kappa shape index (κ3) is 3.58. The quantitative estimate of drug-likeness (QED) is 0.635. The van der Waals surface area contributed by atoms with Gasteiger partial charge in [0.05, 0.1) is 0 Å². The van der Waals surface area contributed by atoms with Crippen molar-refractivity contribution in [1.29, 1.82) is 0 Å². The molecule has 0 bridgehead atoms. The van der Waals surface area contributed by atoms with Crippen LogP contribution in [0.2, 0.25) is 0 Å². The lowest BCUT2D eigenvalue weighted by molar-refractivity contribution is 0.161. The second-order valence-corrected chi connectivity index (χ2v) is 6.74. The van der Waals surface area contributed by atoms with Crippen molar-refractivity contribution in [2.45, 2.75) is 58.9 Å². The number of aryl methyl sites for hydroxylation is 1. The number of hydrogen-bond donors (Lipinski definition) is 2. The molecule has 1 aliphatic rings. The summed E-state index contributed by atoms with van der Waals surface area (Å²) in [6.45, 7) is 6.96. The molecule has 0 radical (unpaired) electrons. The van der Waals surface area contributed by atoms with Crippen LogP contribution >= 0.6 is 0 Å². The van der Waals surface area contributed by atoms with Crippen LogP contribution in [0.1, 0.15) is 63.6 Å². The fraction of sp³-hybridized carbons (Fsp3) is 0.647. The number of benzene rings is 1.